The van der Waals surface area contributed by atoms with Gasteiger partial charge >= 0.3 is 0 Å². The summed E-state index contributed by atoms with van der Waals surface area (Å²) in [7, 11) is 0. The lowest BCUT2D eigenvalue weighted by atomic mass is 10.2. The van der Waals surface area contributed by atoms with Crippen molar-refractivity contribution < 1.29 is 4.39 Å². The number of thiophene rings is 2. The van der Waals surface area contributed by atoms with E-state index in [1.54, 1.807) is 34.8 Å². The highest BCUT2D eigenvalue weighted by atomic mass is 32.1. The SMILES string of the molecule is NNC(c1cccs1)c1cc2ccc(F)cc2s1. The fourth-order valence-corrected chi connectivity index (χ4v) is 3.97. The van der Waals surface area contributed by atoms with E-state index in [-0.39, 0.29) is 11.9 Å². The van der Waals surface area contributed by atoms with Crippen LogP contribution >= 0.6 is 22.7 Å². The molecule has 3 rings (SSSR count). The van der Waals surface area contributed by atoms with Crippen LogP contribution < -0.4 is 11.3 Å². The molecular weight excluding hydrogens is 267 g/mol. The van der Waals surface area contributed by atoms with Crippen LogP contribution in [0.25, 0.3) is 10.1 Å². The van der Waals surface area contributed by atoms with Crippen LogP contribution in [0.1, 0.15) is 15.8 Å². The van der Waals surface area contributed by atoms with Crippen LogP contribution in [0.5, 0.6) is 0 Å². The summed E-state index contributed by atoms with van der Waals surface area (Å²) in [5.41, 5.74) is 2.82. The monoisotopic (exact) mass is 278 g/mol. The van der Waals surface area contributed by atoms with Gasteiger partial charge in [-0.05, 0) is 35.0 Å². The second-order valence-corrected chi connectivity index (χ2v) is 6.04. The molecule has 92 valence electrons. The van der Waals surface area contributed by atoms with E-state index in [1.165, 1.54) is 6.07 Å². The minimum absolute atomic E-state index is 0.0227. The number of nitrogens with one attached hydrogen (secondary N) is 1. The van der Waals surface area contributed by atoms with E-state index < -0.39 is 0 Å². The van der Waals surface area contributed by atoms with Gasteiger partial charge in [0.2, 0.25) is 0 Å². The van der Waals surface area contributed by atoms with Crippen molar-refractivity contribution in [3.8, 4) is 0 Å². The zero-order valence-electron chi connectivity index (χ0n) is 9.39. The van der Waals surface area contributed by atoms with Gasteiger partial charge in [0.15, 0.2) is 0 Å². The Hall–Kier alpha value is -1.27. The number of hydrazine groups is 1. The Kier molecular flexibility index (Phi) is 3.13. The van der Waals surface area contributed by atoms with Gasteiger partial charge in [-0.25, -0.2) is 9.82 Å². The van der Waals surface area contributed by atoms with Crippen molar-refractivity contribution in [1.82, 2.24) is 5.43 Å². The van der Waals surface area contributed by atoms with E-state index in [0.717, 1.165) is 19.8 Å². The topological polar surface area (TPSA) is 38.0 Å². The van der Waals surface area contributed by atoms with Gasteiger partial charge in [0.1, 0.15) is 5.82 Å². The molecule has 0 amide bonds. The van der Waals surface area contributed by atoms with E-state index in [2.05, 4.69) is 11.5 Å². The standard InChI is InChI=1S/C13H11FN2S2/c14-9-4-3-8-6-12(18-11(8)7-9)13(16-15)10-2-1-5-17-10/h1-7,13,16H,15H2. The van der Waals surface area contributed by atoms with E-state index in [1.807, 2.05) is 17.5 Å². The van der Waals surface area contributed by atoms with Crippen molar-refractivity contribution in [3.05, 3.63) is 57.3 Å². The normalized spacial score (nSPS) is 13.0. The van der Waals surface area contributed by atoms with Crippen LogP contribution in [-0.2, 0) is 0 Å². The lowest BCUT2D eigenvalue weighted by Crippen LogP contribution is -2.27. The van der Waals surface area contributed by atoms with Crippen LogP contribution in [0.2, 0.25) is 0 Å². The van der Waals surface area contributed by atoms with Crippen LogP contribution in [0, 0.1) is 5.82 Å². The molecule has 2 aromatic heterocycles. The number of fused-ring (bicyclic) bond motifs is 1. The first kappa shape index (κ1) is 11.8. The van der Waals surface area contributed by atoms with E-state index >= 15 is 0 Å². The summed E-state index contributed by atoms with van der Waals surface area (Å²) in [5.74, 6) is 5.43. The Morgan fingerprint density at radius 3 is 2.78 bits per heavy atom. The van der Waals surface area contributed by atoms with Crippen molar-refractivity contribution in [3.63, 3.8) is 0 Å². The summed E-state index contributed by atoms with van der Waals surface area (Å²) in [6.07, 6.45) is 0. The molecule has 3 N–H and O–H groups in total. The van der Waals surface area contributed by atoms with Gasteiger partial charge < -0.3 is 0 Å². The fraction of sp³-hybridized carbons (Fsp3) is 0.0769. The van der Waals surface area contributed by atoms with Crippen molar-refractivity contribution in [1.29, 1.82) is 0 Å². The lowest BCUT2D eigenvalue weighted by molar-refractivity contribution is 0.630. The highest BCUT2D eigenvalue weighted by Crippen LogP contribution is 2.34. The highest BCUT2D eigenvalue weighted by molar-refractivity contribution is 7.19. The van der Waals surface area contributed by atoms with Crippen molar-refractivity contribution in [2.24, 2.45) is 5.84 Å². The Bertz CT molecular complexity index is 661. The summed E-state index contributed by atoms with van der Waals surface area (Å²) < 4.78 is 14.1. The Morgan fingerprint density at radius 1 is 1.17 bits per heavy atom. The predicted molar refractivity (Wildman–Crippen MR) is 75.3 cm³/mol. The molecule has 1 atom stereocenters. The Labute approximate surface area is 112 Å². The quantitative estimate of drug-likeness (QED) is 0.567. The first-order valence-corrected chi connectivity index (χ1v) is 7.16. The minimum atomic E-state index is -0.204. The van der Waals surface area contributed by atoms with E-state index in [9.17, 15) is 4.39 Å². The zero-order valence-corrected chi connectivity index (χ0v) is 11.0. The largest absolute Gasteiger partial charge is 0.271 e. The van der Waals surface area contributed by atoms with Crippen molar-refractivity contribution >= 4 is 32.8 Å². The Balaban J connectivity index is 2.07. The predicted octanol–water partition coefficient (Wildman–Crippen LogP) is 3.65. The molecule has 0 bridgehead atoms. The number of nitrogens with two attached hydrogens (primary N) is 1. The van der Waals surface area contributed by atoms with Gasteiger partial charge in [-0.3, -0.25) is 5.84 Å². The Morgan fingerprint density at radius 2 is 2.06 bits per heavy atom. The van der Waals surface area contributed by atoms with Crippen LogP contribution in [0.4, 0.5) is 4.39 Å². The first-order chi connectivity index (χ1) is 8.78. The summed E-state index contributed by atoms with van der Waals surface area (Å²) in [4.78, 5) is 2.25. The maximum absolute atomic E-state index is 13.2. The van der Waals surface area contributed by atoms with Gasteiger partial charge in [0.25, 0.3) is 0 Å². The lowest BCUT2D eigenvalue weighted by Gasteiger charge is -2.11. The fourth-order valence-electron chi connectivity index (χ4n) is 1.93. The highest BCUT2D eigenvalue weighted by Gasteiger charge is 2.16. The molecule has 18 heavy (non-hydrogen) atoms. The smallest absolute Gasteiger partial charge is 0.124 e. The minimum Gasteiger partial charge on any atom is -0.271 e. The molecule has 5 heteroatoms. The second-order valence-electron chi connectivity index (χ2n) is 3.95. The van der Waals surface area contributed by atoms with Gasteiger partial charge in [-0.15, -0.1) is 22.7 Å². The number of rotatable bonds is 3. The molecule has 0 aliphatic rings. The summed E-state index contributed by atoms with van der Waals surface area (Å²) in [5, 5.41) is 3.07. The van der Waals surface area contributed by atoms with Crippen molar-refractivity contribution in [2.75, 3.05) is 0 Å². The maximum Gasteiger partial charge on any atom is 0.124 e. The molecular formula is C13H11FN2S2. The van der Waals surface area contributed by atoms with Crippen LogP contribution in [0.15, 0.2) is 41.8 Å². The molecule has 0 spiro atoms. The van der Waals surface area contributed by atoms with E-state index in [0.29, 0.717) is 0 Å². The molecule has 2 heterocycles. The summed E-state index contributed by atoms with van der Waals surface area (Å²) >= 11 is 3.22. The molecule has 0 fully saturated rings. The molecule has 0 aliphatic heterocycles. The molecule has 0 saturated carbocycles. The molecule has 2 nitrogen and oxygen atoms in total. The molecule has 1 unspecified atom stereocenters. The van der Waals surface area contributed by atoms with Gasteiger partial charge in [0, 0.05) is 14.5 Å². The number of halogens is 1. The zero-order chi connectivity index (χ0) is 12.5. The number of hydrogen-bond donors (Lipinski definition) is 2. The van der Waals surface area contributed by atoms with Crippen LogP contribution in [-0.4, -0.2) is 0 Å². The average molecular weight is 278 g/mol. The van der Waals surface area contributed by atoms with Gasteiger partial charge in [-0.1, -0.05) is 12.1 Å². The molecule has 0 aliphatic carbocycles. The van der Waals surface area contributed by atoms with Gasteiger partial charge in [0.05, 0.1) is 6.04 Å². The molecule has 3 aromatic rings. The molecule has 0 radical (unpaired) electrons. The molecule has 1 aromatic carbocycles. The molecule has 0 saturated heterocycles. The third-order valence-electron chi connectivity index (χ3n) is 2.78. The maximum atomic E-state index is 13.2. The third kappa shape index (κ3) is 2.06. The average Bonchev–Trinajstić information content (AvgIpc) is 2.98. The number of benzene rings is 1. The van der Waals surface area contributed by atoms with Crippen molar-refractivity contribution in [2.45, 2.75) is 6.04 Å². The second kappa shape index (κ2) is 4.78. The van der Waals surface area contributed by atoms with E-state index in [4.69, 9.17) is 5.84 Å². The third-order valence-corrected chi connectivity index (χ3v) is 4.88. The van der Waals surface area contributed by atoms with Gasteiger partial charge in [-0.2, -0.15) is 0 Å². The first-order valence-electron chi connectivity index (χ1n) is 5.46. The van der Waals surface area contributed by atoms with Crippen LogP contribution in [0.3, 0.4) is 0 Å². The number of hydrogen-bond acceptors (Lipinski definition) is 4. The summed E-state index contributed by atoms with van der Waals surface area (Å²) in [6.45, 7) is 0. The summed E-state index contributed by atoms with van der Waals surface area (Å²) in [6, 6.07) is 10.9.